The zero-order valence-electron chi connectivity index (χ0n) is 10.2. The maximum atomic E-state index is 13.3. The van der Waals surface area contributed by atoms with Gasteiger partial charge in [0.2, 0.25) is 0 Å². The number of sulfonamides is 1. The molecule has 0 bridgehead atoms. The van der Waals surface area contributed by atoms with Crippen molar-refractivity contribution in [2.75, 3.05) is 10.5 Å². The van der Waals surface area contributed by atoms with E-state index in [9.17, 15) is 12.8 Å². The molecule has 0 unspecified atom stereocenters. The molecule has 2 aromatic rings. The van der Waals surface area contributed by atoms with E-state index in [0.29, 0.717) is 5.69 Å². The smallest absolute Gasteiger partial charge is 0.261 e. The number of nitrogen functional groups attached to an aromatic ring is 1. The molecule has 100 valence electrons. The minimum Gasteiger partial charge on any atom is -0.396 e. The van der Waals surface area contributed by atoms with Crippen molar-refractivity contribution in [1.29, 1.82) is 0 Å². The van der Waals surface area contributed by atoms with E-state index >= 15 is 0 Å². The largest absolute Gasteiger partial charge is 0.396 e. The van der Waals surface area contributed by atoms with E-state index in [1.54, 1.807) is 24.3 Å². The topological polar surface area (TPSA) is 72.2 Å². The highest BCUT2D eigenvalue weighted by molar-refractivity contribution is 7.92. The molecular weight excluding hydrogens is 267 g/mol. The maximum absolute atomic E-state index is 13.3. The standard InChI is InChI=1S/C13H13FN2O2S/c1-9-2-4-10(5-3-9)16-19(17,18)11-6-7-13(15)12(14)8-11/h2-8,16H,15H2,1H3. The van der Waals surface area contributed by atoms with Gasteiger partial charge in [-0.15, -0.1) is 0 Å². The lowest BCUT2D eigenvalue weighted by Gasteiger charge is -2.09. The summed E-state index contributed by atoms with van der Waals surface area (Å²) in [6, 6.07) is 10.2. The zero-order chi connectivity index (χ0) is 14.0. The zero-order valence-corrected chi connectivity index (χ0v) is 11.0. The molecule has 19 heavy (non-hydrogen) atoms. The fourth-order valence-corrected chi connectivity index (χ4v) is 2.58. The molecule has 0 spiro atoms. The van der Waals surface area contributed by atoms with Crippen LogP contribution in [-0.2, 0) is 10.0 Å². The Morgan fingerprint density at radius 2 is 1.74 bits per heavy atom. The van der Waals surface area contributed by atoms with Crippen molar-refractivity contribution in [1.82, 2.24) is 0 Å². The fourth-order valence-electron chi connectivity index (χ4n) is 1.51. The lowest BCUT2D eigenvalue weighted by Crippen LogP contribution is -2.13. The van der Waals surface area contributed by atoms with Crippen molar-refractivity contribution >= 4 is 21.4 Å². The Labute approximate surface area is 111 Å². The maximum Gasteiger partial charge on any atom is 0.261 e. The molecule has 3 N–H and O–H groups in total. The average Bonchev–Trinajstić information content (AvgIpc) is 2.35. The number of hydrogen-bond donors (Lipinski definition) is 2. The van der Waals surface area contributed by atoms with E-state index in [1.807, 2.05) is 6.92 Å². The number of nitrogens with one attached hydrogen (secondary N) is 1. The van der Waals surface area contributed by atoms with Crippen LogP contribution in [0.3, 0.4) is 0 Å². The van der Waals surface area contributed by atoms with Crippen molar-refractivity contribution in [2.24, 2.45) is 0 Å². The molecule has 0 fully saturated rings. The number of nitrogens with two attached hydrogens (primary N) is 1. The third-order valence-corrected chi connectivity index (χ3v) is 3.96. The lowest BCUT2D eigenvalue weighted by molar-refractivity contribution is 0.596. The van der Waals surface area contributed by atoms with Crippen LogP contribution in [0.4, 0.5) is 15.8 Å². The number of aryl methyl sites for hydroxylation is 1. The van der Waals surface area contributed by atoms with Crippen LogP contribution in [0.1, 0.15) is 5.56 Å². The van der Waals surface area contributed by atoms with E-state index in [1.165, 1.54) is 12.1 Å². The Morgan fingerprint density at radius 1 is 1.11 bits per heavy atom. The Balaban J connectivity index is 2.32. The summed E-state index contributed by atoms with van der Waals surface area (Å²) >= 11 is 0. The Bertz CT molecular complexity index is 697. The first kappa shape index (κ1) is 13.4. The molecule has 0 aliphatic carbocycles. The molecule has 0 amide bonds. The minimum atomic E-state index is -3.81. The summed E-state index contributed by atoms with van der Waals surface area (Å²) in [5.74, 6) is -0.758. The number of anilines is 2. The second-order valence-corrected chi connectivity index (χ2v) is 5.84. The van der Waals surface area contributed by atoms with Gasteiger partial charge in [-0.1, -0.05) is 17.7 Å². The second-order valence-electron chi connectivity index (χ2n) is 4.15. The van der Waals surface area contributed by atoms with Crippen LogP contribution in [0.2, 0.25) is 0 Å². The van der Waals surface area contributed by atoms with Crippen LogP contribution >= 0.6 is 0 Å². The summed E-state index contributed by atoms with van der Waals surface area (Å²) < 4.78 is 39.7. The Hall–Kier alpha value is -2.08. The molecule has 2 aromatic carbocycles. The van der Waals surface area contributed by atoms with Crippen LogP contribution in [0.25, 0.3) is 0 Å². The van der Waals surface area contributed by atoms with Gasteiger partial charge in [0.15, 0.2) is 0 Å². The normalized spacial score (nSPS) is 11.3. The van der Waals surface area contributed by atoms with Crippen LogP contribution in [-0.4, -0.2) is 8.42 Å². The van der Waals surface area contributed by atoms with E-state index in [-0.39, 0.29) is 10.6 Å². The van der Waals surface area contributed by atoms with Gasteiger partial charge in [-0.3, -0.25) is 4.72 Å². The third kappa shape index (κ3) is 3.03. The van der Waals surface area contributed by atoms with Gasteiger partial charge in [-0.05, 0) is 37.3 Å². The SMILES string of the molecule is Cc1ccc(NS(=O)(=O)c2ccc(N)c(F)c2)cc1. The lowest BCUT2D eigenvalue weighted by atomic mass is 10.2. The van der Waals surface area contributed by atoms with Gasteiger partial charge < -0.3 is 5.73 Å². The highest BCUT2D eigenvalue weighted by atomic mass is 32.2. The highest BCUT2D eigenvalue weighted by Gasteiger charge is 2.15. The van der Waals surface area contributed by atoms with E-state index in [2.05, 4.69) is 4.72 Å². The molecule has 4 nitrogen and oxygen atoms in total. The molecule has 0 heterocycles. The van der Waals surface area contributed by atoms with Crippen molar-refractivity contribution in [3.05, 3.63) is 53.8 Å². The van der Waals surface area contributed by atoms with Crippen molar-refractivity contribution in [2.45, 2.75) is 11.8 Å². The summed E-state index contributed by atoms with van der Waals surface area (Å²) in [7, 11) is -3.81. The first-order valence-electron chi connectivity index (χ1n) is 5.53. The minimum absolute atomic E-state index is 0.0886. The van der Waals surface area contributed by atoms with Gasteiger partial charge in [0, 0.05) is 5.69 Å². The molecule has 0 atom stereocenters. The summed E-state index contributed by atoms with van der Waals surface area (Å²) in [5, 5.41) is 0. The van der Waals surface area contributed by atoms with Crippen molar-refractivity contribution in [3.8, 4) is 0 Å². The number of hydrogen-bond acceptors (Lipinski definition) is 3. The molecule has 2 rings (SSSR count). The van der Waals surface area contributed by atoms with E-state index in [0.717, 1.165) is 11.6 Å². The number of halogens is 1. The number of benzene rings is 2. The fraction of sp³-hybridized carbons (Fsp3) is 0.0769. The molecule has 0 radical (unpaired) electrons. The predicted octanol–water partition coefficient (Wildman–Crippen LogP) is 2.52. The Kier molecular flexibility index (Phi) is 3.44. The summed E-state index contributed by atoms with van der Waals surface area (Å²) in [6.45, 7) is 1.90. The first-order valence-corrected chi connectivity index (χ1v) is 7.01. The van der Waals surface area contributed by atoms with Crippen LogP contribution < -0.4 is 10.5 Å². The van der Waals surface area contributed by atoms with Crippen LogP contribution in [0, 0.1) is 12.7 Å². The summed E-state index contributed by atoms with van der Waals surface area (Å²) in [5.41, 5.74) is 6.66. The Morgan fingerprint density at radius 3 is 2.32 bits per heavy atom. The average molecular weight is 280 g/mol. The second kappa shape index (κ2) is 4.89. The monoisotopic (exact) mass is 280 g/mol. The van der Waals surface area contributed by atoms with Gasteiger partial charge in [0.05, 0.1) is 10.6 Å². The molecule has 6 heteroatoms. The highest BCUT2D eigenvalue weighted by Crippen LogP contribution is 2.19. The van der Waals surface area contributed by atoms with E-state index < -0.39 is 15.8 Å². The van der Waals surface area contributed by atoms with Gasteiger partial charge in [0.25, 0.3) is 10.0 Å². The number of rotatable bonds is 3. The molecule has 0 aromatic heterocycles. The molecular formula is C13H13FN2O2S. The van der Waals surface area contributed by atoms with Gasteiger partial charge in [-0.25, -0.2) is 12.8 Å². The third-order valence-electron chi connectivity index (χ3n) is 2.59. The molecule has 0 saturated heterocycles. The quantitative estimate of drug-likeness (QED) is 0.848. The van der Waals surface area contributed by atoms with Crippen molar-refractivity contribution < 1.29 is 12.8 Å². The van der Waals surface area contributed by atoms with E-state index in [4.69, 9.17) is 5.73 Å². The molecule has 0 saturated carbocycles. The van der Waals surface area contributed by atoms with Gasteiger partial charge in [0.1, 0.15) is 5.82 Å². The first-order chi connectivity index (χ1) is 8.88. The van der Waals surface area contributed by atoms with Crippen molar-refractivity contribution in [3.63, 3.8) is 0 Å². The summed E-state index contributed by atoms with van der Waals surface area (Å²) in [4.78, 5) is -0.167. The summed E-state index contributed by atoms with van der Waals surface area (Å²) in [6.07, 6.45) is 0. The van der Waals surface area contributed by atoms with Gasteiger partial charge >= 0.3 is 0 Å². The molecule has 0 aliphatic heterocycles. The van der Waals surface area contributed by atoms with Crippen LogP contribution in [0.5, 0.6) is 0 Å². The van der Waals surface area contributed by atoms with Gasteiger partial charge in [-0.2, -0.15) is 0 Å². The molecule has 0 aliphatic rings. The van der Waals surface area contributed by atoms with Crippen LogP contribution in [0.15, 0.2) is 47.4 Å². The predicted molar refractivity (Wildman–Crippen MR) is 72.8 cm³/mol.